The Hall–Kier alpha value is -2.90. The third-order valence-corrected chi connectivity index (χ3v) is 6.29. The van der Waals surface area contributed by atoms with Crippen molar-refractivity contribution in [2.45, 2.75) is 18.9 Å². The maximum atomic E-state index is 12.7. The summed E-state index contributed by atoms with van der Waals surface area (Å²) in [6, 6.07) is 15.3. The monoisotopic (exact) mass is 407 g/mol. The van der Waals surface area contributed by atoms with Gasteiger partial charge in [0, 0.05) is 6.54 Å². The Bertz CT molecular complexity index is 1080. The summed E-state index contributed by atoms with van der Waals surface area (Å²) in [4.78, 5) is 19.6. The molecule has 1 saturated heterocycles. The molecule has 0 radical (unpaired) electrons. The Morgan fingerprint density at radius 3 is 2.79 bits per heavy atom. The molecular formula is C22H21N3O3S. The van der Waals surface area contributed by atoms with Crippen molar-refractivity contribution in [2.24, 2.45) is 0 Å². The van der Waals surface area contributed by atoms with Gasteiger partial charge in [-0.2, -0.15) is 0 Å². The Labute approximate surface area is 172 Å². The van der Waals surface area contributed by atoms with Crippen LogP contribution >= 0.6 is 11.3 Å². The molecule has 0 aliphatic carbocycles. The zero-order valence-corrected chi connectivity index (χ0v) is 16.7. The molecule has 3 aromatic heterocycles. The fraction of sp³-hybridized carbons (Fsp3) is 0.273. The van der Waals surface area contributed by atoms with Gasteiger partial charge in [0.1, 0.15) is 5.76 Å². The first-order chi connectivity index (χ1) is 14.3. The summed E-state index contributed by atoms with van der Waals surface area (Å²) in [5, 5.41) is 3.78. The molecule has 4 heterocycles. The number of hydrogen-bond donors (Lipinski definition) is 1. The van der Waals surface area contributed by atoms with Gasteiger partial charge in [0.25, 0.3) is 5.91 Å². The molecule has 1 N–H and O–H groups in total. The van der Waals surface area contributed by atoms with Crippen molar-refractivity contribution >= 4 is 27.5 Å². The lowest BCUT2D eigenvalue weighted by Gasteiger charge is -2.25. The second kappa shape index (κ2) is 7.85. The zero-order chi connectivity index (χ0) is 19.6. The fourth-order valence-corrected chi connectivity index (χ4v) is 4.70. The summed E-state index contributed by atoms with van der Waals surface area (Å²) in [6.07, 6.45) is 4.03. The predicted molar refractivity (Wildman–Crippen MR) is 112 cm³/mol. The number of para-hydroxylation sites is 1. The lowest BCUT2D eigenvalue weighted by atomic mass is 10.2. The first-order valence-corrected chi connectivity index (χ1v) is 10.6. The smallest absolute Gasteiger partial charge is 0.287 e. The van der Waals surface area contributed by atoms with E-state index < -0.39 is 0 Å². The highest BCUT2D eigenvalue weighted by molar-refractivity contribution is 7.21. The Morgan fingerprint density at radius 2 is 2.00 bits per heavy atom. The number of amides is 1. The van der Waals surface area contributed by atoms with Crippen LogP contribution in [0, 0.1) is 0 Å². The average Bonchev–Trinajstić information content (AvgIpc) is 3.55. The van der Waals surface area contributed by atoms with Gasteiger partial charge >= 0.3 is 0 Å². The van der Waals surface area contributed by atoms with Gasteiger partial charge in [-0.1, -0.05) is 12.1 Å². The number of fused-ring (bicyclic) bond motifs is 1. The predicted octanol–water partition coefficient (Wildman–Crippen LogP) is 4.72. The maximum absolute atomic E-state index is 12.7. The summed E-state index contributed by atoms with van der Waals surface area (Å²) in [6.45, 7) is 2.51. The molecule has 1 aromatic carbocycles. The van der Waals surface area contributed by atoms with Gasteiger partial charge in [-0.05, 0) is 62.3 Å². The minimum Gasteiger partial charge on any atom is -0.468 e. The van der Waals surface area contributed by atoms with Crippen LogP contribution < -0.4 is 5.32 Å². The highest BCUT2D eigenvalue weighted by Gasteiger charge is 2.26. The first-order valence-electron chi connectivity index (χ1n) is 9.79. The van der Waals surface area contributed by atoms with Crippen molar-refractivity contribution in [1.29, 1.82) is 0 Å². The van der Waals surface area contributed by atoms with Crippen LogP contribution in [0.5, 0.6) is 0 Å². The van der Waals surface area contributed by atoms with Gasteiger partial charge in [-0.3, -0.25) is 9.69 Å². The average molecular weight is 407 g/mol. The van der Waals surface area contributed by atoms with Gasteiger partial charge in [-0.25, -0.2) is 4.98 Å². The van der Waals surface area contributed by atoms with E-state index in [1.807, 2.05) is 36.4 Å². The van der Waals surface area contributed by atoms with E-state index in [-0.39, 0.29) is 11.9 Å². The molecule has 148 valence electrons. The highest BCUT2D eigenvalue weighted by atomic mass is 32.1. The molecular weight excluding hydrogens is 386 g/mol. The van der Waals surface area contributed by atoms with E-state index in [1.54, 1.807) is 29.7 Å². The quantitative estimate of drug-likeness (QED) is 0.501. The second-order valence-corrected chi connectivity index (χ2v) is 8.17. The standard InChI is InChI=1S/C22H21N3O3S/c26-21(23-14-16(17-7-5-13-27-17)25-11-3-4-12-25)18-9-10-19(28-18)22-24-15-6-1-2-8-20(15)29-22/h1-2,5-10,13,16H,3-4,11-12,14H2,(H,23,26)/t16-/m1/s1. The summed E-state index contributed by atoms with van der Waals surface area (Å²) in [5.74, 6) is 1.55. The summed E-state index contributed by atoms with van der Waals surface area (Å²) < 4.78 is 12.5. The Balaban J connectivity index is 1.29. The molecule has 6 nitrogen and oxygen atoms in total. The number of hydrogen-bond acceptors (Lipinski definition) is 6. The van der Waals surface area contributed by atoms with E-state index in [0.29, 0.717) is 18.1 Å². The first kappa shape index (κ1) is 18.1. The van der Waals surface area contributed by atoms with Crippen LogP contribution in [0.2, 0.25) is 0 Å². The number of rotatable bonds is 6. The van der Waals surface area contributed by atoms with Crippen LogP contribution in [0.4, 0.5) is 0 Å². The summed E-state index contributed by atoms with van der Waals surface area (Å²) >= 11 is 1.55. The SMILES string of the molecule is O=C(NC[C@H](c1ccco1)N1CCCC1)c1ccc(-c2nc3ccccc3s2)o1. The molecule has 1 atom stereocenters. The maximum Gasteiger partial charge on any atom is 0.287 e. The van der Waals surface area contributed by atoms with Gasteiger partial charge in [0.2, 0.25) is 0 Å². The summed E-state index contributed by atoms with van der Waals surface area (Å²) in [7, 11) is 0. The lowest BCUT2D eigenvalue weighted by Crippen LogP contribution is -2.36. The minimum atomic E-state index is -0.229. The number of carbonyl (C=O) groups excluding carboxylic acids is 1. The van der Waals surface area contributed by atoms with Crippen LogP contribution in [-0.2, 0) is 0 Å². The number of carbonyl (C=O) groups is 1. The van der Waals surface area contributed by atoms with Crippen molar-refractivity contribution in [1.82, 2.24) is 15.2 Å². The Morgan fingerprint density at radius 1 is 1.14 bits per heavy atom. The third-order valence-electron chi connectivity index (χ3n) is 5.24. The number of nitrogens with one attached hydrogen (secondary N) is 1. The number of likely N-dealkylation sites (tertiary alicyclic amines) is 1. The van der Waals surface area contributed by atoms with Crippen LogP contribution in [0.15, 0.2) is 63.6 Å². The number of thiazole rings is 1. The Kier molecular flexibility index (Phi) is 4.91. The van der Waals surface area contributed by atoms with Crippen molar-refractivity contribution < 1.29 is 13.6 Å². The van der Waals surface area contributed by atoms with Crippen LogP contribution in [0.3, 0.4) is 0 Å². The molecule has 1 fully saturated rings. The number of furan rings is 2. The van der Waals surface area contributed by atoms with E-state index in [0.717, 1.165) is 34.1 Å². The lowest BCUT2D eigenvalue weighted by molar-refractivity contribution is 0.0907. The number of benzene rings is 1. The van der Waals surface area contributed by atoms with E-state index in [1.165, 1.54) is 12.8 Å². The van der Waals surface area contributed by atoms with E-state index in [2.05, 4.69) is 15.2 Å². The van der Waals surface area contributed by atoms with E-state index >= 15 is 0 Å². The van der Waals surface area contributed by atoms with Crippen molar-refractivity contribution in [3.63, 3.8) is 0 Å². The van der Waals surface area contributed by atoms with E-state index in [9.17, 15) is 4.79 Å². The van der Waals surface area contributed by atoms with Gasteiger partial charge in [0.15, 0.2) is 16.5 Å². The normalized spacial score (nSPS) is 15.7. The topological polar surface area (TPSA) is 71.5 Å². The van der Waals surface area contributed by atoms with E-state index in [4.69, 9.17) is 8.83 Å². The van der Waals surface area contributed by atoms with Crippen LogP contribution in [0.25, 0.3) is 21.0 Å². The minimum absolute atomic E-state index is 0.0372. The van der Waals surface area contributed by atoms with Crippen LogP contribution in [0.1, 0.15) is 35.2 Å². The third kappa shape index (κ3) is 3.71. The molecule has 4 aromatic rings. The molecule has 29 heavy (non-hydrogen) atoms. The molecule has 5 rings (SSSR count). The molecule has 1 amide bonds. The molecule has 0 bridgehead atoms. The van der Waals surface area contributed by atoms with Crippen molar-refractivity contribution in [2.75, 3.05) is 19.6 Å². The molecule has 0 spiro atoms. The molecule has 1 aliphatic rings. The fourth-order valence-electron chi connectivity index (χ4n) is 3.77. The molecule has 0 saturated carbocycles. The van der Waals surface area contributed by atoms with Gasteiger partial charge in [-0.15, -0.1) is 11.3 Å². The molecule has 1 aliphatic heterocycles. The number of nitrogens with zero attached hydrogens (tertiary/aromatic N) is 2. The molecule has 0 unspecified atom stereocenters. The van der Waals surface area contributed by atoms with Crippen molar-refractivity contribution in [3.8, 4) is 10.8 Å². The zero-order valence-electron chi connectivity index (χ0n) is 15.8. The van der Waals surface area contributed by atoms with Gasteiger partial charge in [0.05, 0.1) is 22.5 Å². The second-order valence-electron chi connectivity index (χ2n) is 7.13. The molecule has 7 heteroatoms. The van der Waals surface area contributed by atoms with Gasteiger partial charge < -0.3 is 14.2 Å². The largest absolute Gasteiger partial charge is 0.468 e. The number of aromatic nitrogens is 1. The van der Waals surface area contributed by atoms with Crippen molar-refractivity contribution in [3.05, 3.63) is 66.3 Å². The summed E-state index contributed by atoms with van der Waals surface area (Å²) in [5.41, 5.74) is 0.932. The highest BCUT2D eigenvalue weighted by Crippen LogP contribution is 2.31. The van der Waals surface area contributed by atoms with Crippen LogP contribution in [-0.4, -0.2) is 35.4 Å².